The van der Waals surface area contributed by atoms with Gasteiger partial charge in [0.25, 0.3) is 5.56 Å². The van der Waals surface area contributed by atoms with Gasteiger partial charge >= 0.3 is 0 Å². The Bertz CT molecular complexity index is 1300. The van der Waals surface area contributed by atoms with Crippen LogP contribution in [0.25, 0.3) is 28.3 Å². The number of rotatable bonds is 3. The average Bonchev–Trinajstić information content (AvgIpc) is 3.18. The van der Waals surface area contributed by atoms with Gasteiger partial charge < -0.3 is 14.2 Å². The molecule has 4 aromatic heterocycles. The van der Waals surface area contributed by atoms with Gasteiger partial charge in [0, 0.05) is 44.1 Å². The van der Waals surface area contributed by atoms with Crippen molar-refractivity contribution in [2.24, 2.45) is 0 Å². The number of piperazine rings is 1. The van der Waals surface area contributed by atoms with E-state index in [1.54, 1.807) is 4.40 Å². The molecule has 1 fully saturated rings. The van der Waals surface area contributed by atoms with Crippen molar-refractivity contribution in [3.05, 3.63) is 52.2 Å². The molecule has 0 radical (unpaired) electrons. The summed E-state index contributed by atoms with van der Waals surface area (Å²) in [6, 6.07) is 7.25. The van der Waals surface area contributed by atoms with Crippen LogP contribution in [0.1, 0.15) is 18.3 Å². The highest BCUT2D eigenvalue weighted by Gasteiger charge is 2.18. The third-order valence-corrected chi connectivity index (χ3v) is 5.72. The number of nitrogens with zero attached hydrogens (tertiary/aromatic N) is 6. The van der Waals surface area contributed by atoms with E-state index in [4.69, 9.17) is 4.42 Å². The summed E-state index contributed by atoms with van der Waals surface area (Å²) in [5, 5.41) is 0. The van der Waals surface area contributed by atoms with E-state index in [2.05, 4.69) is 31.7 Å². The number of oxazole rings is 1. The highest BCUT2D eigenvalue weighted by atomic mass is 16.3. The first-order valence-corrected chi connectivity index (χ1v) is 10.3. The molecule has 0 N–H and O–H groups in total. The zero-order valence-corrected chi connectivity index (χ0v) is 17.4. The number of fused-ring (bicyclic) bond motifs is 2. The van der Waals surface area contributed by atoms with Gasteiger partial charge in [-0.25, -0.2) is 9.97 Å². The zero-order chi connectivity index (χ0) is 20.8. The summed E-state index contributed by atoms with van der Waals surface area (Å²) in [5.41, 5.74) is 4.87. The predicted molar refractivity (Wildman–Crippen MR) is 116 cm³/mol. The maximum Gasteiger partial charge on any atom is 0.258 e. The van der Waals surface area contributed by atoms with Crippen molar-refractivity contribution in [3.63, 3.8) is 0 Å². The van der Waals surface area contributed by atoms with Crippen LogP contribution in [0, 0.1) is 13.8 Å². The predicted octanol–water partition coefficient (Wildman–Crippen LogP) is 2.66. The molecular formula is C22H24N6O2. The molecule has 5 rings (SSSR count). The van der Waals surface area contributed by atoms with Gasteiger partial charge in [0.2, 0.25) is 5.89 Å². The monoisotopic (exact) mass is 404 g/mol. The lowest BCUT2D eigenvalue weighted by Crippen LogP contribution is -2.46. The number of hydrogen-bond donors (Lipinski definition) is 0. The van der Waals surface area contributed by atoms with Crippen LogP contribution in [0.5, 0.6) is 0 Å². The van der Waals surface area contributed by atoms with Crippen LogP contribution in [-0.2, 0) is 0 Å². The fourth-order valence-corrected chi connectivity index (χ4v) is 4.05. The number of likely N-dealkylation sites (N-methyl/N-ethyl adjacent to an activating group) is 1. The van der Waals surface area contributed by atoms with Crippen LogP contribution >= 0.6 is 0 Å². The molecule has 8 heteroatoms. The number of anilines is 1. The Balaban J connectivity index is 1.52. The summed E-state index contributed by atoms with van der Waals surface area (Å²) in [6.45, 7) is 11.0. The molecule has 1 saturated heterocycles. The van der Waals surface area contributed by atoms with Crippen molar-refractivity contribution < 1.29 is 4.42 Å². The molecule has 0 bridgehead atoms. The maximum absolute atomic E-state index is 12.9. The van der Waals surface area contributed by atoms with Gasteiger partial charge in [-0.2, -0.15) is 0 Å². The van der Waals surface area contributed by atoms with Crippen LogP contribution in [0.3, 0.4) is 0 Å². The first-order chi connectivity index (χ1) is 14.5. The molecule has 0 atom stereocenters. The van der Waals surface area contributed by atoms with Crippen LogP contribution in [0.2, 0.25) is 0 Å². The molecule has 4 aromatic rings. The standard InChI is InChI=1S/C22H24N6O2/c1-4-26-7-9-27(10-8-26)16-5-6-19-24-18(12-20(29)28(19)13-16)22-25-17-11-14(2)23-15(3)21(17)30-22/h5-6,11-13H,4,7-10H2,1-3H3. The van der Waals surface area contributed by atoms with E-state index < -0.39 is 0 Å². The molecule has 5 heterocycles. The fourth-order valence-electron chi connectivity index (χ4n) is 4.05. The third-order valence-electron chi connectivity index (χ3n) is 5.72. The van der Waals surface area contributed by atoms with Crippen molar-refractivity contribution in [1.29, 1.82) is 0 Å². The van der Waals surface area contributed by atoms with Gasteiger partial charge in [0.05, 0.1) is 11.4 Å². The minimum Gasteiger partial charge on any atom is -0.433 e. The summed E-state index contributed by atoms with van der Waals surface area (Å²) in [5.74, 6) is 0.333. The first kappa shape index (κ1) is 18.7. The fraction of sp³-hybridized carbons (Fsp3) is 0.364. The highest BCUT2D eigenvalue weighted by molar-refractivity contribution is 5.78. The van der Waals surface area contributed by atoms with E-state index in [1.165, 1.54) is 6.07 Å². The molecule has 0 aromatic carbocycles. The van der Waals surface area contributed by atoms with E-state index in [0.29, 0.717) is 22.8 Å². The van der Waals surface area contributed by atoms with Crippen molar-refractivity contribution in [2.45, 2.75) is 20.8 Å². The number of hydrogen-bond acceptors (Lipinski definition) is 7. The Hall–Kier alpha value is -3.26. The number of pyridine rings is 2. The average molecular weight is 404 g/mol. The van der Waals surface area contributed by atoms with Gasteiger partial charge in [-0.15, -0.1) is 0 Å². The number of aromatic nitrogens is 4. The largest absolute Gasteiger partial charge is 0.433 e. The van der Waals surface area contributed by atoms with Gasteiger partial charge in [-0.1, -0.05) is 6.92 Å². The second-order valence-electron chi connectivity index (χ2n) is 7.73. The van der Waals surface area contributed by atoms with Gasteiger partial charge in [0.1, 0.15) is 16.9 Å². The van der Waals surface area contributed by atoms with Crippen LogP contribution in [0.15, 0.2) is 39.7 Å². The Labute approximate surface area is 173 Å². The molecule has 1 aliphatic heterocycles. The molecule has 154 valence electrons. The molecule has 30 heavy (non-hydrogen) atoms. The topological polar surface area (TPSA) is 79.8 Å². The van der Waals surface area contributed by atoms with Crippen molar-refractivity contribution in [2.75, 3.05) is 37.6 Å². The summed E-state index contributed by atoms with van der Waals surface area (Å²) >= 11 is 0. The van der Waals surface area contributed by atoms with Gasteiger partial charge in [0.15, 0.2) is 5.58 Å². The van der Waals surface area contributed by atoms with E-state index >= 15 is 0 Å². The molecule has 0 unspecified atom stereocenters. The Morgan fingerprint density at radius 1 is 1.03 bits per heavy atom. The van der Waals surface area contributed by atoms with E-state index in [-0.39, 0.29) is 5.56 Å². The summed E-state index contributed by atoms with van der Waals surface area (Å²) in [4.78, 5) is 31.2. The normalized spacial score (nSPS) is 15.4. The zero-order valence-electron chi connectivity index (χ0n) is 17.4. The van der Waals surface area contributed by atoms with E-state index in [9.17, 15) is 4.79 Å². The second-order valence-corrected chi connectivity index (χ2v) is 7.73. The highest BCUT2D eigenvalue weighted by Crippen LogP contribution is 2.25. The lowest BCUT2D eigenvalue weighted by Gasteiger charge is -2.35. The SMILES string of the molecule is CCN1CCN(c2ccc3nc(-c4nc5cc(C)nc(C)c5o4)cc(=O)n3c2)CC1. The second kappa shape index (κ2) is 7.21. The molecule has 0 aliphatic carbocycles. The number of aryl methyl sites for hydroxylation is 2. The smallest absolute Gasteiger partial charge is 0.258 e. The molecule has 0 saturated carbocycles. The molecular weight excluding hydrogens is 380 g/mol. The quantitative estimate of drug-likeness (QED) is 0.519. The first-order valence-electron chi connectivity index (χ1n) is 10.3. The van der Waals surface area contributed by atoms with Gasteiger partial charge in [-0.3, -0.25) is 14.2 Å². The molecule has 0 spiro atoms. The molecule has 0 amide bonds. The lowest BCUT2D eigenvalue weighted by molar-refractivity contribution is 0.271. The van der Waals surface area contributed by atoms with Crippen LogP contribution in [-0.4, -0.2) is 57.0 Å². The summed E-state index contributed by atoms with van der Waals surface area (Å²) < 4.78 is 7.47. The van der Waals surface area contributed by atoms with Crippen molar-refractivity contribution in [3.8, 4) is 11.6 Å². The van der Waals surface area contributed by atoms with E-state index in [1.807, 2.05) is 38.2 Å². The summed E-state index contributed by atoms with van der Waals surface area (Å²) in [6.07, 6.45) is 1.87. The minimum absolute atomic E-state index is 0.155. The van der Waals surface area contributed by atoms with Gasteiger partial charge in [-0.05, 0) is 38.6 Å². The van der Waals surface area contributed by atoms with Crippen molar-refractivity contribution >= 4 is 22.4 Å². The molecule has 1 aliphatic rings. The van der Waals surface area contributed by atoms with E-state index in [0.717, 1.165) is 55.3 Å². The van der Waals surface area contributed by atoms with Crippen molar-refractivity contribution in [1.82, 2.24) is 24.3 Å². The Morgan fingerprint density at radius 2 is 1.83 bits per heavy atom. The Morgan fingerprint density at radius 3 is 2.60 bits per heavy atom. The molecule has 8 nitrogen and oxygen atoms in total. The third kappa shape index (κ3) is 3.23. The van der Waals surface area contributed by atoms with Crippen LogP contribution in [0.4, 0.5) is 5.69 Å². The Kier molecular flexibility index (Phi) is 4.51. The lowest BCUT2D eigenvalue weighted by atomic mass is 10.2. The summed E-state index contributed by atoms with van der Waals surface area (Å²) in [7, 11) is 0. The van der Waals surface area contributed by atoms with Crippen LogP contribution < -0.4 is 10.5 Å². The maximum atomic E-state index is 12.9. The minimum atomic E-state index is -0.155.